The standard InChI is InChI=1S/C12H14N2.2ClH.3H2O/c1-13-7-3-11(4-8-13)12-5-9-14(2)10-6-12;;;;;/h3-10H,1-2H3;2*1H;3*1H2/q+2;;;;;/p-2. The van der Waals surface area contributed by atoms with E-state index < -0.39 is 0 Å². The van der Waals surface area contributed by atoms with Crippen LogP contribution in [0.25, 0.3) is 11.1 Å². The lowest BCUT2D eigenvalue weighted by Crippen LogP contribution is -3.00. The van der Waals surface area contributed by atoms with E-state index in [1.165, 1.54) is 11.1 Å². The van der Waals surface area contributed by atoms with Crippen molar-refractivity contribution >= 4 is 0 Å². The van der Waals surface area contributed by atoms with Gasteiger partial charge < -0.3 is 41.2 Å². The maximum Gasteiger partial charge on any atom is 0.169 e. The van der Waals surface area contributed by atoms with E-state index in [1.54, 1.807) is 0 Å². The zero-order chi connectivity index (χ0) is 9.97. The summed E-state index contributed by atoms with van der Waals surface area (Å²) in [6, 6.07) is 8.48. The van der Waals surface area contributed by atoms with Crippen molar-refractivity contribution in [2.24, 2.45) is 14.1 Å². The first-order chi connectivity index (χ1) is 6.75. The fourth-order valence-corrected chi connectivity index (χ4v) is 1.39. The van der Waals surface area contributed by atoms with Crippen LogP contribution in [0.4, 0.5) is 0 Å². The molecule has 0 unspecified atom stereocenters. The van der Waals surface area contributed by atoms with E-state index in [2.05, 4.69) is 49.1 Å². The Morgan fingerprint density at radius 3 is 1.00 bits per heavy atom. The second kappa shape index (κ2) is 11.8. The third-order valence-corrected chi connectivity index (χ3v) is 2.29. The molecule has 2 heterocycles. The van der Waals surface area contributed by atoms with Crippen molar-refractivity contribution < 1.29 is 50.4 Å². The molecule has 0 aromatic carbocycles. The summed E-state index contributed by atoms with van der Waals surface area (Å²) >= 11 is 0. The average Bonchev–Trinajstić information content (AvgIpc) is 2.21. The van der Waals surface area contributed by atoms with E-state index in [0.717, 1.165) is 0 Å². The van der Waals surface area contributed by atoms with E-state index >= 15 is 0 Å². The monoisotopic (exact) mass is 310 g/mol. The molecule has 0 spiro atoms. The van der Waals surface area contributed by atoms with Gasteiger partial charge in [-0.05, 0) is 11.1 Å². The molecule has 2 rings (SSSR count). The number of pyridine rings is 2. The van der Waals surface area contributed by atoms with Gasteiger partial charge in [0.1, 0.15) is 14.1 Å². The van der Waals surface area contributed by atoms with Gasteiger partial charge in [0.15, 0.2) is 24.8 Å². The highest BCUT2D eigenvalue weighted by molar-refractivity contribution is 5.60. The topological polar surface area (TPSA) is 102 Å². The lowest BCUT2D eigenvalue weighted by molar-refractivity contribution is -0.671. The van der Waals surface area contributed by atoms with Gasteiger partial charge in [-0.2, -0.15) is 0 Å². The maximum atomic E-state index is 2.12. The molecule has 0 saturated heterocycles. The number of hydrogen-bond donors (Lipinski definition) is 0. The Morgan fingerprint density at radius 2 is 0.789 bits per heavy atom. The van der Waals surface area contributed by atoms with Crippen LogP contribution in [0.2, 0.25) is 0 Å². The van der Waals surface area contributed by atoms with Gasteiger partial charge in [-0.25, -0.2) is 9.13 Å². The average molecular weight is 311 g/mol. The zero-order valence-electron chi connectivity index (χ0n) is 10.8. The van der Waals surface area contributed by atoms with Crippen molar-refractivity contribution in [2.45, 2.75) is 0 Å². The van der Waals surface area contributed by atoms with Crippen LogP contribution in [-0.4, -0.2) is 16.4 Å². The first kappa shape index (κ1) is 26.3. The minimum atomic E-state index is 0. The van der Waals surface area contributed by atoms with Crippen molar-refractivity contribution in [3.8, 4) is 11.1 Å². The normalized spacial score (nSPS) is 7.47. The minimum Gasteiger partial charge on any atom is -1.00 e. The summed E-state index contributed by atoms with van der Waals surface area (Å²) in [4.78, 5) is 0. The van der Waals surface area contributed by atoms with Crippen LogP contribution >= 0.6 is 0 Å². The van der Waals surface area contributed by atoms with E-state index in [4.69, 9.17) is 0 Å². The Bertz CT molecular complexity index is 392. The smallest absolute Gasteiger partial charge is 0.169 e. The molecule has 110 valence electrons. The lowest BCUT2D eigenvalue weighted by Gasteiger charge is -1.97. The number of aromatic nitrogens is 2. The molecule has 19 heavy (non-hydrogen) atoms. The minimum absolute atomic E-state index is 0. The van der Waals surface area contributed by atoms with Gasteiger partial charge in [0.05, 0.1) is 0 Å². The molecule has 0 aliphatic heterocycles. The van der Waals surface area contributed by atoms with Crippen LogP contribution in [0.1, 0.15) is 0 Å². The molecule has 0 amide bonds. The van der Waals surface area contributed by atoms with Crippen LogP contribution in [0, 0.1) is 0 Å². The predicted octanol–water partition coefficient (Wildman–Crippen LogP) is -7.46. The molecule has 0 saturated carbocycles. The highest BCUT2D eigenvalue weighted by Crippen LogP contribution is 2.14. The van der Waals surface area contributed by atoms with Crippen LogP contribution < -0.4 is 33.9 Å². The Balaban J connectivity index is -0.000000225. The highest BCUT2D eigenvalue weighted by atomic mass is 35.5. The third kappa shape index (κ3) is 7.05. The molecule has 0 atom stereocenters. The highest BCUT2D eigenvalue weighted by Gasteiger charge is 2.00. The number of halogens is 2. The summed E-state index contributed by atoms with van der Waals surface area (Å²) in [7, 11) is 4.05. The van der Waals surface area contributed by atoms with Gasteiger partial charge in [0.2, 0.25) is 0 Å². The summed E-state index contributed by atoms with van der Waals surface area (Å²) in [5.74, 6) is 0. The molecule has 0 bridgehead atoms. The first-order valence-electron chi connectivity index (χ1n) is 4.67. The van der Waals surface area contributed by atoms with Crippen molar-refractivity contribution in [2.75, 3.05) is 0 Å². The fraction of sp³-hybridized carbons (Fsp3) is 0.167. The summed E-state index contributed by atoms with van der Waals surface area (Å²) in [6.45, 7) is 0. The molecule has 0 radical (unpaired) electrons. The van der Waals surface area contributed by atoms with Crippen LogP contribution in [0.3, 0.4) is 0 Å². The Kier molecular flexibility index (Phi) is 16.4. The molecule has 6 N–H and O–H groups in total. The van der Waals surface area contributed by atoms with Gasteiger partial charge in [-0.3, -0.25) is 0 Å². The molecule has 7 heteroatoms. The maximum absolute atomic E-state index is 2.12. The number of aryl methyl sites for hydroxylation is 2. The SMILES string of the molecule is C[n+]1ccc(-c2cc[n+](C)cc2)cc1.O.O.O.[Cl-].[Cl-]. The lowest BCUT2D eigenvalue weighted by atomic mass is 10.1. The van der Waals surface area contributed by atoms with Crippen molar-refractivity contribution in [1.82, 2.24) is 0 Å². The quantitative estimate of drug-likeness (QED) is 0.467. The van der Waals surface area contributed by atoms with Crippen LogP contribution in [0.5, 0.6) is 0 Å². The van der Waals surface area contributed by atoms with Crippen molar-refractivity contribution in [3.05, 3.63) is 49.1 Å². The molecule has 5 nitrogen and oxygen atoms in total. The number of rotatable bonds is 1. The molecular formula is C12H20Cl2N2O3. The summed E-state index contributed by atoms with van der Waals surface area (Å²) in [6.07, 6.45) is 8.23. The summed E-state index contributed by atoms with van der Waals surface area (Å²) in [5.41, 5.74) is 2.51. The van der Waals surface area contributed by atoms with Gasteiger partial charge in [-0.1, -0.05) is 0 Å². The molecule has 0 aliphatic rings. The van der Waals surface area contributed by atoms with Gasteiger partial charge >= 0.3 is 0 Å². The van der Waals surface area contributed by atoms with E-state index in [0.29, 0.717) is 0 Å². The van der Waals surface area contributed by atoms with E-state index in [-0.39, 0.29) is 41.2 Å². The molecule has 2 aromatic heterocycles. The van der Waals surface area contributed by atoms with Crippen molar-refractivity contribution in [3.63, 3.8) is 0 Å². The Hall–Kier alpha value is -1.24. The summed E-state index contributed by atoms with van der Waals surface area (Å²) < 4.78 is 4.07. The largest absolute Gasteiger partial charge is 1.00 e. The van der Waals surface area contributed by atoms with Crippen molar-refractivity contribution in [1.29, 1.82) is 0 Å². The first-order valence-corrected chi connectivity index (χ1v) is 4.67. The molecule has 0 aliphatic carbocycles. The van der Waals surface area contributed by atoms with Gasteiger partial charge in [-0.15, -0.1) is 0 Å². The van der Waals surface area contributed by atoms with Crippen LogP contribution in [0.15, 0.2) is 49.1 Å². The zero-order valence-corrected chi connectivity index (χ0v) is 12.3. The molecular weight excluding hydrogens is 291 g/mol. The number of nitrogens with zero attached hydrogens (tertiary/aromatic N) is 2. The second-order valence-corrected chi connectivity index (χ2v) is 3.50. The van der Waals surface area contributed by atoms with E-state index in [9.17, 15) is 0 Å². The Labute approximate surface area is 125 Å². The van der Waals surface area contributed by atoms with E-state index in [1.807, 2.05) is 23.2 Å². The summed E-state index contributed by atoms with van der Waals surface area (Å²) in [5, 5.41) is 0. The predicted molar refractivity (Wildman–Crippen MR) is 65.1 cm³/mol. The molecule has 2 aromatic rings. The Morgan fingerprint density at radius 1 is 0.579 bits per heavy atom. The molecule has 0 fully saturated rings. The van der Waals surface area contributed by atoms with Gasteiger partial charge in [0.25, 0.3) is 0 Å². The fourth-order valence-electron chi connectivity index (χ4n) is 1.39. The second-order valence-electron chi connectivity index (χ2n) is 3.50. The van der Waals surface area contributed by atoms with Crippen LogP contribution in [-0.2, 0) is 14.1 Å². The number of hydrogen-bond acceptors (Lipinski definition) is 0. The third-order valence-electron chi connectivity index (χ3n) is 2.29. The van der Waals surface area contributed by atoms with Gasteiger partial charge in [0, 0.05) is 24.3 Å².